The normalized spacial score (nSPS) is 15.3. The van der Waals surface area contributed by atoms with Gasteiger partial charge in [0.1, 0.15) is 11.1 Å². The molecular weight excluding hydrogens is 204 g/mol. The predicted octanol–water partition coefficient (Wildman–Crippen LogP) is 0.816. The summed E-state index contributed by atoms with van der Waals surface area (Å²) in [7, 11) is 0. The van der Waals surface area contributed by atoms with Crippen LogP contribution in [0.5, 0.6) is 0 Å². The Morgan fingerprint density at radius 3 is 2.00 bits per heavy atom. The lowest BCUT2D eigenvalue weighted by Gasteiger charge is -2.27. The maximum Gasteiger partial charge on any atom is 0.326 e. The molecule has 0 aromatic carbocycles. The molecule has 0 fully saturated rings. The Bertz CT molecular complexity index is 188. The van der Waals surface area contributed by atoms with E-state index in [1.807, 2.05) is 20.8 Å². The third kappa shape index (κ3) is 6.18. The minimum absolute atomic E-state index is 0. The first-order chi connectivity index (χ1) is 5.69. The molecule has 0 spiro atoms. The first-order valence-electron chi connectivity index (χ1n) is 4.41. The van der Waals surface area contributed by atoms with Crippen LogP contribution in [0.1, 0.15) is 34.1 Å². The Hall–Kier alpha value is -0.320. The van der Waals surface area contributed by atoms with Crippen molar-refractivity contribution in [1.29, 1.82) is 0 Å². The van der Waals surface area contributed by atoms with Crippen molar-refractivity contribution in [3.05, 3.63) is 0 Å². The molecule has 0 saturated heterocycles. The van der Waals surface area contributed by atoms with Crippen LogP contribution in [0.25, 0.3) is 0 Å². The van der Waals surface area contributed by atoms with Crippen molar-refractivity contribution < 1.29 is 9.53 Å². The first kappa shape index (κ1) is 16.1. The quantitative estimate of drug-likeness (QED) is 0.696. The number of esters is 1. The zero-order chi connectivity index (χ0) is 10.7. The van der Waals surface area contributed by atoms with E-state index in [0.717, 1.165) is 0 Å². The zero-order valence-corrected chi connectivity index (χ0v) is 10.1. The fraction of sp³-hybridized carbons (Fsp3) is 0.889. The summed E-state index contributed by atoms with van der Waals surface area (Å²) < 4.78 is 5.14. The molecule has 0 aliphatic carbocycles. The van der Waals surface area contributed by atoms with E-state index in [9.17, 15) is 4.79 Å². The Balaban J connectivity index is 0. The molecule has 0 heterocycles. The van der Waals surface area contributed by atoms with Gasteiger partial charge in [-0.2, -0.15) is 0 Å². The summed E-state index contributed by atoms with van der Waals surface area (Å²) in [5.41, 5.74) is 9.59. The van der Waals surface area contributed by atoms with Crippen LogP contribution in [0, 0.1) is 0 Å². The minimum Gasteiger partial charge on any atom is -0.459 e. The highest BCUT2D eigenvalue weighted by Gasteiger charge is 2.32. The summed E-state index contributed by atoms with van der Waals surface area (Å²) >= 11 is 0. The van der Waals surface area contributed by atoms with Crippen LogP contribution in [0.3, 0.4) is 0 Å². The summed E-state index contributed by atoms with van der Waals surface area (Å²) in [6, 6.07) is 0. The highest BCUT2D eigenvalue weighted by molar-refractivity contribution is 5.85. The summed E-state index contributed by atoms with van der Waals surface area (Å²) in [6.07, 6.45) is 0.432. The Kier molecular flexibility index (Phi) is 6.37. The van der Waals surface area contributed by atoms with Crippen LogP contribution in [0.15, 0.2) is 0 Å². The Morgan fingerprint density at radius 2 is 1.71 bits per heavy atom. The maximum atomic E-state index is 11.5. The highest BCUT2D eigenvalue weighted by atomic mass is 35.5. The van der Waals surface area contributed by atoms with Gasteiger partial charge in [-0.25, -0.2) is 0 Å². The van der Waals surface area contributed by atoms with Gasteiger partial charge in [-0.15, -0.1) is 12.4 Å². The van der Waals surface area contributed by atoms with Gasteiger partial charge < -0.3 is 16.2 Å². The van der Waals surface area contributed by atoms with E-state index in [0.29, 0.717) is 13.0 Å². The molecule has 0 aliphatic rings. The van der Waals surface area contributed by atoms with E-state index in [-0.39, 0.29) is 12.4 Å². The SMILES string of the molecule is CC(C)(C)OC(=O)C(C)(N)CCN.Cl. The van der Waals surface area contributed by atoms with Gasteiger partial charge in [0.2, 0.25) is 0 Å². The monoisotopic (exact) mass is 224 g/mol. The molecule has 0 rings (SSSR count). The van der Waals surface area contributed by atoms with Crippen LogP contribution in [-0.2, 0) is 9.53 Å². The number of ether oxygens (including phenoxy) is 1. The van der Waals surface area contributed by atoms with E-state index >= 15 is 0 Å². The third-order valence-electron chi connectivity index (χ3n) is 1.53. The van der Waals surface area contributed by atoms with E-state index < -0.39 is 17.1 Å². The molecule has 4 N–H and O–H groups in total. The van der Waals surface area contributed by atoms with Gasteiger partial charge in [-0.3, -0.25) is 4.79 Å². The summed E-state index contributed by atoms with van der Waals surface area (Å²) in [4.78, 5) is 11.5. The number of carbonyl (C=O) groups excluding carboxylic acids is 1. The number of hydrogen-bond acceptors (Lipinski definition) is 4. The molecule has 14 heavy (non-hydrogen) atoms. The number of nitrogens with two attached hydrogens (primary N) is 2. The molecule has 0 aliphatic heterocycles. The number of carbonyl (C=O) groups is 1. The lowest BCUT2D eigenvalue weighted by atomic mass is 9.99. The average Bonchev–Trinajstić information content (AvgIpc) is 1.82. The molecule has 0 amide bonds. The lowest BCUT2D eigenvalue weighted by molar-refractivity contribution is -0.161. The van der Waals surface area contributed by atoms with Crippen molar-refractivity contribution in [3.8, 4) is 0 Å². The number of rotatable bonds is 3. The van der Waals surface area contributed by atoms with Gasteiger partial charge >= 0.3 is 5.97 Å². The minimum atomic E-state index is -0.970. The van der Waals surface area contributed by atoms with E-state index in [2.05, 4.69) is 0 Å². The topological polar surface area (TPSA) is 78.3 Å². The van der Waals surface area contributed by atoms with Crippen LogP contribution in [0.2, 0.25) is 0 Å². The van der Waals surface area contributed by atoms with Gasteiger partial charge in [-0.1, -0.05) is 0 Å². The second-order valence-electron chi connectivity index (χ2n) is 4.46. The van der Waals surface area contributed by atoms with Gasteiger partial charge in [0.15, 0.2) is 0 Å². The molecule has 1 atom stereocenters. The van der Waals surface area contributed by atoms with Gasteiger partial charge in [-0.05, 0) is 40.7 Å². The largest absolute Gasteiger partial charge is 0.459 e. The molecule has 1 unspecified atom stereocenters. The second kappa shape index (κ2) is 5.53. The van der Waals surface area contributed by atoms with Crippen LogP contribution in [-0.4, -0.2) is 23.7 Å². The molecule has 0 saturated carbocycles. The van der Waals surface area contributed by atoms with Gasteiger partial charge in [0, 0.05) is 0 Å². The van der Waals surface area contributed by atoms with Crippen molar-refractivity contribution in [2.75, 3.05) is 6.54 Å². The van der Waals surface area contributed by atoms with Crippen molar-refractivity contribution in [2.45, 2.75) is 45.3 Å². The average molecular weight is 225 g/mol. The standard InChI is InChI=1S/C9H20N2O2.ClH/c1-8(2,3)13-7(12)9(4,11)5-6-10;/h5-6,10-11H2,1-4H3;1H. The molecule has 86 valence electrons. The molecule has 0 aromatic heterocycles. The van der Waals surface area contributed by atoms with Crippen LogP contribution < -0.4 is 11.5 Å². The van der Waals surface area contributed by atoms with Crippen LogP contribution >= 0.6 is 12.4 Å². The molecule has 5 heteroatoms. The van der Waals surface area contributed by atoms with E-state index in [1.165, 1.54) is 0 Å². The molecule has 0 aromatic rings. The number of halogens is 1. The van der Waals surface area contributed by atoms with E-state index in [1.54, 1.807) is 6.92 Å². The van der Waals surface area contributed by atoms with Crippen molar-refractivity contribution in [3.63, 3.8) is 0 Å². The summed E-state index contributed by atoms with van der Waals surface area (Å²) in [6.45, 7) is 7.44. The number of hydrogen-bond donors (Lipinski definition) is 2. The molecule has 0 bridgehead atoms. The zero-order valence-electron chi connectivity index (χ0n) is 9.29. The van der Waals surface area contributed by atoms with E-state index in [4.69, 9.17) is 16.2 Å². The van der Waals surface area contributed by atoms with Crippen molar-refractivity contribution >= 4 is 18.4 Å². The van der Waals surface area contributed by atoms with Crippen LogP contribution in [0.4, 0.5) is 0 Å². The fourth-order valence-electron chi connectivity index (χ4n) is 0.797. The molecular formula is C9H21ClN2O2. The smallest absolute Gasteiger partial charge is 0.326 e. The second-order valence-corrected chi connectivity index (χ2v) is 4.46. The Labute approximate surface area is 91.8 Å². The first-order valence-corrected chi connectivity index (χ1v) is 4.41. The molecule has 0 radical (unpaired) electrons. The fourth-order valence-corrected chi connectivity index (χ4v) is 0.797. The highest BCUT2D eigenvalue weighted by Crippen LogP contribution is 2.14. The van der Waals surface area contributed by atoms with Crippen molar-refractivity contribution in [1.82, 2.24) is 0 Å². The van der Waals surface area contributed by atoms with Crippen molar-refractivity contribution in [2.24, 2.45) is 11.5 Å². The maximum absolute atomic E-state index is 11.5. The third-order valence-corrected chi connectivity index (χ3v) is 1.53. The summed E-state index contributed by atoms with van der Waals surface area (Å²) in [5.74, 6) is -0.398. The van der Waals surface area contributed by atoms with Gasteiger partial charge in [0.05, 0.1) is 0 Å². The predicted molar refractivity (Wildman–Crippen MR) is 59.4 cm³/mol. The Morgan fingerprint density at radius 1 is 1.29 bits per heavy atom. The molecule has 4 nitrogen and oxygen atoms in total. The lowest BCUT2D eigenvalue weighted by Crippen LogP contribution is -2.49. The van der Waals surface area contributed by atoms with Gasteiger partial charge in [0.25, 0.3) is 0 Å². The summed E-state index contributed by atoms with van der Waals surface area (Å²) in [5, 5.41) is 0.